The molecule has 0 aliphatic rings. The quantitative estimate of drug-likeness (QED) is 0.301. The van der Waals surface area contributed by atoms with Crippen LogP contribution < -0.4 is 9.47 Å². The molecule has 3 heteroatoms. The minimum absolute atomic E-state index is 0.504. The van der Waals surface area contributed by atoms with Crippen LogP contribution in [0.1, 0.15) is 18.1 Å². The number of hydrogen-bond donors (Lipinski definition) is 0. The normalized spacial score (nSPS) is 12.0. The largest absolute Gasteiger partial charge is 0.464 e. The lowest BCUT2D eigenvalue weighted by atomic mass is 10.2. The molecule has 3 rings (SSSR count). The summed E-state index contributed by atoms with van der Waals surface area (Å²) in [6.07, 6.45) is 1.68. The highest BCUT2D eigenvalue weighted by Gasteiger charge is 2.09. The summed E-state index contributed by atoms with van der Waals surface area (Å²) in [5.74, 6) is 2.09. The first-order valence-corrected chi connectivity index (χ1v) is 8.90. The van der Waals surface area contributed by atoms with Crippen LogP contribution in [0.2, 0.25) is 0 Å². The second-order valence-corrected chi connectivity index (χ2v) is 6.30. The van der Waals surface area contributed by atoms with Crippen LogP contribution in [0.25, 0.3) is 0 Å². The van der Waals surface area contributed by atoms with Crippen LogP contribution >= 0.6 is 0 Å². The van der Waals surface area contributed by atoms with E-state index in [4.69, 9.17) is 9.47 Å². The third-order valence-corrected chi connectivity index (χ3v) is 4.08. The van der Waals surface area contributed by atoms with E-state index in [9.17, 15) is 0 Å². The maximum Gasteiger partial charge on any atom is 0.225 e. The van der Waals surface area contributed by atoms with E-state index in [1.807, 2.05) is 99.6 Å². The highest BCUT2D eigenvalue weighted by Crippen LogP contribution is 2.22. The number of ether oxygens (including phenoxy) is 2. The van der Waals surface area contributed by atoms with Gasteiger partial charge in [0.25, 0.3) is 0 Å². The van der Waals surface area contributed by atoms with Crippen molar-refractivity contribution in [3.05, 3.63) is 102 Å². The molecule has 27 heavy (non-hydrogen) atoms. The Morgan fingerprint density at radius 1 is 0.741 bits per heavy atom. The molecule has 0 bridgehead atoms. The predicted octanol–water partition coefficient (Wildman–Crippen LogP) is 6.40. The fourth-order valence-corrected chi connectivity index (χ4v) is 2.48. The Morgan fingerprint density at radius 3 is 1.93 bits per heavy atom. The molecule has 3 aromatic carbocycles. The molecule has 0 aliphatic heterocycles. The van der Waals surface area contributed by atoms with Crippen molar-refractivity contribution in [1.82, 2.24) is 0 Å². The summed E-state index contributed by atoms with van der Waals surface area (Å²) in [6, 6.07) is 25.5. The monoisotopic (exact) mass is 357 g/mol. The average molecular weight is 357 g/mol. The fraction of sp³-hybridized carbons (Fsp3) is 0.125. The summed E-state index contributed by atoms with van der Waals surface area (Å²) in [6.45, 7) is 5.96. The summed E-state index contributed by atoms with van der Waals surface area (Å²) in [5, 5.41) is 0. The third-order valence-electron chi connectivity index (χ3n) is 4.08. The molecule has 0 radical (unpaired) electrons. The van der Waals surface area contributed by atoms with E-state index in [1.54, 1.807) is 6.26 Å². The lowest BCUT2D eigenvalue weighted by Gasteiger charge is -2.12. The minimum Gasteiger partial charge on any atom is -0.464 e. The van der Waals surface area contributed by atoms with Gasteiger partial charge in [-0.05, 0) is 56.2 Å². The van der Waals surface area contributed by atoms with Gasteiger partial charge in [-0.3, -0.25) is 0 Å². The zero-order valence-electron chi connectivity index (χ0n) is 15.8. The molecule has 0 amide bonds. The van der Waals surface area contributed by atoms with Gasteiger partial charge < -0.3 is 9.47 Å². The van der Waals surface area contributed by atoms with Gasteiger partial charge in [-0.15, -0.1) is 0 Å². The number of nitrogens with zero attached hydrogens (tertiary/aromatic N) is 1. The van der Waals surface area contributed by atoms with E-state index < -0.39 is 0 Å². The average Bonchev–Trinajstić information content (AvgIpc) is 2.69. The van der Waals surface area contributed by atoms with Crippen LogP contribution in [0.5, 0.6) is 11.5 Å². The molecule has 0 N–H and O–H groups in total. The van der Waals surface area contributed by atoms with E-state index in [0.29, 0.717) is 5.90 Å². The molecule has 3 nitrogen and oxygen atoms in total. The summed E-state index contributed by atoms with van der Waals surface area (Å²) < 4.78 is 12.0. The molecular formula is C24H23NO2. The van der Waals surface area contributed by atoms with Gasteiger partial charge in [0.05, 0.1) is 11.9 Å². The molecule has 0 aromatic heterocycles. The Hall–Kier alpha value is -3.33. The van der Waals surface area contributed by atoms with Gasteiger partial charge >= 0.3 is 0 Å². The van der Waals surface area contributed by atoms with E-state index in [1.165, 1.54) is 0 Å². The number of hydrogen-bond acceptors (Lipinski definition) is 3. The Labute approximate surface area is 160 Å². The lowest BCUT2D eigenvalue weighted by Crippen LogP contribution is -2.11. The van der Waals surface area contributed by atoms with Gasteiger partial charge in [0.2, 0.25) is 5.90 Å². The highest BCUT2D eigenvalue weighted by molar-refractivity contribution is 5.96. The summed E-state index contributed by atoms with van der Waals surface area (Å²) in [4.78, 5) is 4.68. The van der Waals surface area contributed by atoms with Gasteiger partial charge in [0.15, 0.2) is 0 Å². The molecule has 0 fully saturated rings. The van der Waals surface area contributed by atoms with E-state index in [0.717, 1.165) is 33.9 Å². The number of para-hydroxylation sites is 3. The van der Waals surface area contributed by atoms with Crippen LogP contribution in [0.3, 0.4) is 0 Å². The second-order valence-electron chi connectivity index (χ2n) is 6.30. The van der Waals surface area contributed by atoms with Crippen LogP contribution in [-0.4, -0.2) is 5.90 Å². The summed E-state index contributed by atoms with van der Waals surface area (Å²) in [7, 11) is 0. The molecule has 0 heterocycles. The standard InChI is InChI=1S/C24H23NO2/c1-18-11-7-9-15-22(18)26-17-20(3)24(25-21-13-5-4-6-14-21)27-23-16-10-8-12-19(23)2/h4-17H,1-3H3. The van der Waals surface area contributed by atoms with Crippen LogP contribution in [-0.2, 0) is 0 Å². The van der Waals surface area contributed by atoms with Crippen LogP contribution in [0, 0.1) is 13.8 Å². The molecule has 0 saturated heterocycles. The van der Waals surface area contributed by atoms with Gasteiger partial charge in [-0.1, -0.05) is 54.6 Å². The summed E-state index contributed by atoms with van der Waals surface area (Å²) >= 11 is 0. The van der Waals surface area contributed by atoms with Crippen molar-refractivity contribution in [2.45, 2.75) is 20.8 Å². The van der Waals surface area contributed by atoms with E-state index >= 15 is 0 Å². The maximum absolute atomic E-state index is 6.13. The van der Waals surface area contributed by atoms with Gasteiger partial charge in [0.1, 0.15) is 11.5 Å². The van der Waals surface area contributed by atoms with Gasteiger partial charge in [0, 0.05) is 5.57 Å². The van der Waals surface area contributed by atoms with Crippen molar-refractivity contribution in [3.8, 4) is 11.5 Å². The van der Waals surface area contributed by atoms with E-state index in [-0.39, 0.29) is 0 Å². The van der Waals surface area contributed by atoms with Crippen molar-refractivity contribution >= 4 is 11.6 Å². The van der Waals surface area contributed by atoms with Crippen LogP contribution in [0.4, 0.5) is 5.69 Å². The van der Waals surface area contributed by atoms with Crippen molar-refractivity contribution in [2.75, 3.05) is 0 Å². The smallest absolute Gasteiger partial charge is 0.225 e. The molecule has 0 unspecified atom stereocenters. The fourth-order valence-electron chi connectivity index (χ4n) is 2.48. The topological polar surface area (TPSA) is 30.8 Å². The Balaban J connectivity index is 1.91. The van der Waals surface area contributed by atoms with Crippen molar-refractivity contribution < 1.29 is 9.47 Å². The number of rotatable bonds is 5. The first-order valence-electron chi connectivity index (χ1n) is 8.90. The zero-order valence-corrected chi connectivity index (χ0v) is 15.8. The predicted molar refractivity (Wildman–Crippen MR) is 111 cm³/mol. The van der Waals surface area contributed by atoms with Crippen molar-refractivity contribution in [1.29, 1.82) is 0 Å². The molecule has 3 aromatic rings. The van der Waals surface area contributed by atoms with Crippen LogP contribution in [0.15, 0.2) is 95.7 Å². The SMILES string of the molecule is CC(=COc1ccccc1C)C(=Nc1ccccc1)Oc1ccccc1C. The Bertz CT molecular complexity index is 959. The molecule has 0 aliphatic carbocycles. The summed E-state index contributed by atoms with van der Waals surface area (Å²) in [5.41, 5.74) is 3.74. The van der Waals surface area contributed by atoms with Crippen molar-refractivity contribution in [2.24, 2.45) is 4.99 Å². The van der Waals surface area contributed by atoms with Crippen molar-refractivity contribution in [3.63, 3.8) is 0 Å². The first-order chi connectivity index (χ1) is 13.1. The Morgan fingerprint density at radius 2 is 1.30 bits per heavy atom. The maximum atomic E-state index is 6.13. The number of aryl methyl sites for hydroxylation is 2. The second kappa shape index (κ2) is 8.86. The first kappa shape index (κ1) is 18.5. The number of aliphatic imine (C=N–C) groups is 1. The third kappa shape index (κ3) is 5.08. The minimum atomic E-state index is 0.504. The number of benzene rings is 3. The van der Waals surface area contributed by atoms with Gasteiger partial charge in [-0.25, -0.2) is 4.99 Å². The van der Waals surface area contributed by atoms with Gasteiger partial charge in [-0.2, -0.15) is 0 Å². The zero-order chi connectivity index (χ0) is 19.1. The lowest BCUT2D eigenvalue weighted by molar-refractivity contribution is 0.470. The molecular weight excluding hydrogens is 334 g/mol. The molecule has 0 atom stereocenters. The Kier molecular flexibility index (Phi) is 6.06. The highest BCUT2D eigenvalue weighted by atomic mass is 16.5. The molecule has 0 saturated carbocycles. The molecule has 136 valence electrons. The van der Waals surface area contributed by atoms with E-state index in [2.05, 4.69) is 4.99 Å². The molecule has 0 spiro atoms.